The molecule has 0 spiro atoms. The van der Waals surface area contributed by atoms with E-state index >= 15 is 0 Å². The quantitative estimate of drug-likeness (QED) is 0.261. The summed E-state index contributed by atoms with van der Waals surface area (Å²) < 4.78 is 16.1. The van der Waals surface area contributed by atoms with Crippen LogP contribution in [0.15, 0.2) is 128 Å². The average Bonchev–Trinajstić information content (AvgIpc) is 3.38. The number of rotatable bonds is 6. The Morgan fingerprint density at radius 3 is 1.82 bits per heavy atom. The van der Waals surface area contributed by atoms with Crippen LogP contribution in [0, 0.1) is 0 Å². The van der Waals surface area contributed by atoms with Gasteiger partial charge in [-0.15, -0.1) is 0 Å². The van der Waals surface area contributed by atoms with Gasteiger partial charge in [0.05, 0.1) is 12.0 Å². The zero-order valence-corrected chi connectivity index (χ0v) is 17.8. The largest absolute Gasteiger partial charge is 0.341 e. The molecule has 1 unspecified atom stereocenters. The molecule has 1 aromatic heterocycles. The molecule has 0 saturated carbocycles. The summed E-state index contributed by atoms with van der Waals surface area (Å²) in [4.78, 5) is 16.7. The monoisotopic (exact) mass is 435 g/mol. The van der Waals surface area contributed by atoms with E-state index < -0.39 is 17.0 Å². The van der Waals surface area contributed by atoms with Crippen LogP contribution in [-0.2, 0) is 15.9 Å². The molecular formula is C28H22FN3O. The third kappa shape index (κ3) is 3.38. The summed E-state index contributed by atoms with van der Waals surface area (Å²) in [7, 11) is 0. The van der Waals surface area contributed by atoms with Crippen LogP contribution in [-0.4, -0.2) is 15.8 Å². The van der Waals surface area contributed by atoms with Gasteiger partial charge in [0, 0.05) is 6.20 Å². The number of carbonyl (C=O) groups excluding carboxylic acids is 1. The first-order valence-corrected chi connectivity index (χ1v) is 10.7. The lowest BCUT2D eigenvalue weighted by Gasteiger charge is -2.37. The van der Waals surface area contributed by atoms with Gasteiger partial charge in [0.2, 0.25) is 0 Å². The molecule has 5 heteroatoms. The number of nitrogens with one attached hydrogen (secondary N) is 1. The van der Waals surface area contributed by atoms with Gasteiger partial charge >= 0.3 is 0 Å². The molecule has 1 aliphatic heterocycles. The summed E-state index contributed by atoms with van der Waals surface area (Å²) in [5.74, 6) is -0.584. The van der Waals surface area contributed by atoms with Crippen molar-refractivity contribution in [3.8, 4) is 0 Å². The van der Waals surface area contributed by atoms with Gasteiger partial charge in [-0.25, -0.2) is 4.98 Å². The lowest BCUT2D eigenvalue weighted by atomic mass is 9.76. The van der Waals surface area contributed by atoms with Crippen LogP contribution < -0.4 is 5.32 Å². The number of dihydropyridines is 1. The number of halogens is 1. The Kier molecular flexibility index (Phi) is 5.23. The molecule has 162 valence electrons. The Morgan fingerprint density at radius 2 is 1.36 bits per heavy atom. The van der Waals surface area contributed by atoms with Crippen molar-refractivity contribution >= 4 is 6.29 Å². The van der Waals surface area contributed by atoms with Gasteiger partial charge in [-0.1, -0.05) is 97.1 Å². The molecule has 0 radical (unpaired) electrons. The van der Waals surface area contributed by atoms with Crippen molar-refractivity contribution in [2.45, 2.75) is 11.1 Å². The number of aromatic nitrogens is 2. The molecule has 33 heavy (non-hydrogen) atoms. The maximum atomic E-state index is 14.1. The fourth-order valence-electron chi connectivity index (χ4n) is 4.55. The minimum Gasteiger partial charge on any atom is -0.341 e. The van der Waals surface area contributed by atoms with Crippen molar-refractivity contribution in [3.05, 3.63) is 150 Å². The minimum absolute atomic E-state index is 0.407. The Hall–Kier alpha value is -4.25. The van der Waals surface area contributed by atoms with Gasteiger partial charge in [-0.2, -0.15) is 4.39 Å². The molecule has 1 aliphatic rings. The second-order valence-electron chi connectivity index (χ2n) is 7.96. The van der Waals surface area contributed by atoms with Crippen molar-refractivity contribution in [1.82, 2.24) is 14.9 Å². The first-order chi connectivity index (χ1) is 16.2. The van der Waals surface area contributed by atoms with Gasteiger partial charge in [0.25, 0.3) is 0 Å². The highest BCUT2D eigenvalue weighted by Gasteiger charge is 2.41. The number of benzene rings is 3. The normalized spacial score (nSPS) is 17.8. The van der Waals surface area contributed by atoms with Crippen molar-refractivity contribution in [3.63, 3.8) is 0 Å². The minimum atomic E-state index is -1.38. The predicted octanol–water partition coefficient (Wildman–Crippen LogP) is 5.09. The fraction of sp³-hybridized carbons (Fsp3) is 0.0714. The van der Waals surface area contributed by atoms with E-state index in [0.717, 1.165) is 16.7 Å². The summed E-state index contributed by atoms with van der Waals surface area (Å²) in [6.07, 6.45) is 8.62. The molecule has 0 fully saturated rings. The third-order valence-corrected chi connectivity index (χ3v) is 6.08. The molecule has 0 amide bonds. The van der Waals surface area contributed by atoms with Crippen LogP contribution in [0.1, 0.15) is 22.4 Å². The summed E-state index contributed by atoms with van der Waals surface area (Å²) in [5.41, 5.74) is 1.37. The zero-order valence-electron chi connectivity index (χ0n) is 17.8. The average molecular weight is 436 g/mol. The number of carbonyl (C=O) groups is 1. The third-order valence-electron chi connectivity index (χ3n) is 6.08. The lowest BCUT2D eigenvalue weighted by molar-refractivity contribution is -0.112. The molecule has 3 aromatic carbocycles. The molecule has 1 N–H and O–H groups in total. The van der Waals surface area contributed by atoms with E-state index in [2.05, 4.69) is 46.7 Å². The summed E-state index contributed by atoms with van der Waals surface area (Å²) in [5, 5.41) is 2.64. The molecule has 0 aliphatic carbocycles. The fourth-order valence-corrected chi connectivity index (χ4v) is 4.55. The summed E-state index contributed by atoms with van der Waals surface area (Å²) in [6.45, 7) is 0. The molecule has 0 bridgehead atoms. The Labute approximate surface area is 191 Å². The highest BCUT2D eigenvalue weighted by atomic mass is 19.1. The SMILES string of the molecule is O=CC1(c2cn(C(c3ccccc3)(c3ccccc3)c3ccccc3)cn2)C=CC=C(F)N1. The van der Waals surface area contributed by atoms with E-state index in [1.807, 2.05) is 65.4 Å². The first-order valence-electron chi connectivity index (χ1n) is 10.7. The van der Waals surface area contributed by atoms with E-state index in [1.165, 1.54) is 12.2 Å². The van der Waals surface area contributed by atoms with Crippen LogP contribution in [0.5, 0.6) is 0 Å². The van der Waals surface area contributed by atoms with E-state index in [4.69, 9.17) is 0 Å². The number of imidazole rings is 1. The predicted molar refractivity (Wildman–Crippen MR) is 126 cm³/mol. The Bertz CT molecular complexity index is 1220. The van der Waals surface area contributed by atoms with Gasteiger partial charge < -0.3 is 9.88 Å². The second kappa shape index (κ2) is 8.36. The molecule has 1 atom stereocenters. The van der Waals surface area contributed by atoms with E-state index in [-0.39, 0.29) is 0 Å². The standard InChI is InChI=1S/C28H22FN3O/c29-26-17-10-18-27(20-33,31-26)25-19-32(21-30-25)28(22-11-4-1-5-12-22,23-13-6-2-7-14-23)24-15-8-3-9-16-24/h1-21,31H. The van der Waals surface area contributed by atoms with Crippen molar-refractivity contribution in [1.29, 1.82) is 0 Å². The first kappa shape index (κ1) is 20.6. The smallest absolute Gasteiger partial charge is 0.188 e. The van der Waals surface area contributed by atoms with Gasteiger partial charge in [0.1, 0.15) is 5.54 Å². The molecule has 4 aromatic rings. The molecule has 4 nitrogen and oxygen atoms in total. The van der Waals surface area contributed by atoms with Crippen molar-refractivity contribution in [2.75, 3.05) is 0 Å². The van der Waals surface area contributed by atoms with Crippen LogP contribution in [0.2, 0.25) is 0 Å². The van der Waals surface area contributed by atoms with Gasteiger partial charge in [-0.05, 0) is 28.8 Å². The summed E-state index contributed by atoms with van der Waals surface area (Å²) >= 11 is 0. The van der Waals surface area contributed by atoms with E-state index in [0.29, 0.717) is 12.0 Å². The maximum Gasteiger partial charge on any atom is 0.188 e. The maximum absolute atomic E-state index is 14.1. The van der Waals surface area contributed by atoms with Crippen LogP contribution >= 0.6 is 0 Å². The Morgan fingerprint density at radius 1 is 0.848 bits per heavy atom. The number of allylic oxidation sites excluding steroid dienone is 2. The molecule has 0 saturated heterocycles. The Balaban J connectivity index is 1.79. The number of hydrogen-bond donors (Lipinski definition) is 1. The number of nitrogens with zero attached hydrogens (tertiary/aromatic N) is 2. The highest BCUT2D eigenvalue weighted by molar-refractivity contribution is 5.71. The molecular weight excluding hydrogens is 413 g/mol. The lowest BCUT2D eigenvalue weighted by Crippen LogP contribution is -2.43. The molecule has 2 heterocycles. The van der Waals surface area contributed by atoms with E-state index in [1.54, 1.807) is 12.4 Å². The van der Waals surface area contributed by atoms with E-state index in [9.17, 15) is 9.18 Å². The molecule has 5 rings (SSSR count). The van der Waals surface area contributed by atoms with Crippen molar-refractivity contribution in [2.24, 2.45) is 0 Å². The zero-order chi connectivity index (χ0) is 22.7. The number of hydrogen-bond acceptors (Lipinski definition) is 3. The van der Waals surface area contributed by atoms with Gasteiger partial charge in [-0.3, -0.25) is 4.79 Å². The van der Waals surface area contributed by atoms with Crippen LogP contribution in [0.3, 0.4) is 0 Å². The highest BCUT2D eigenvalue weighted by Crippen LogP contribution is 2.41. The number of aldehydes is 1. The van der Waals surface area contributed by atoms with Gasteiger partial charge in [0.15, 0.2) is 17.8 Å². The van der Waals surface area contributed by atoms with Crippen LogP contribution in [0.25, 0.3) is 0 Å². The van der Waals surface area contributed by atoms with Crippen molar-refractivity contribution < 1.29 is 9.18 Å². The van der Waals surface area contributed by atoms with Crippen LogP contribution in [0.4, 0.5) is 4.39 Å². The summed E-state index contributed by atoms with van der Waals surface area (Å²) in [6, 6.07) is 30.5. The second-order valence-corrected chi connectivity index (χ2v) is 7.96. The topological polar surface area (TPSA) is 46.9 Å².